The van der Waals surface area contributed by atoms with Crippen LogP contribution in [-0.4, -0.2) is 17.8 Å². The van der Waals surface area contributed by atoms with Gasteiger partial charge in [0.25, 0.3) is 5.82 Å². The van der Waals surface area contributed by atoms with Gasteiger partial charge in [-0.05, 0) is 61.6 Å². The third-order valence-electron chi connectivity index (χ3n) is 5.87. The SMILES string of the molecule is CCc1ccc(-n2cc(-c3ccc4c(c3)OCCO4)[n+]3c2CCCCC3)cc1.[Br-]. The molecule has 0 unspecified atom stereocenters. The Hall–Kier alpha value is -2.27. The fourth-order valence-electron chi connectivity index (χ4n) is 4.32. The Morgan fingerprint density at radius 2 is 1.72 bits per heavy atom. The van der Waals surface area contributed by atoms with Crippen LogP contribution >= 0.6 is 0 Å². The monoisotopic (exact) mass is 454 g/mol. The zero-order valence-electron chi connectivity index (χ0n) is 16.9. The van der Waals surface area contributed by atoms with Gasteiger partial charge in [-0.25, -0.2) is 4.57 Å². The van der Waals surface area contributed by atoms with Gasteiger partial charge in [0.2, 0.25) is 0 Å². The number of halogens is 1. The summed E-state index contributed by atoms with van der Waals surface area (Å²) in [6.45, 7) is 4.51. The van der Waals surface area contributed by atoms with Crippen LogP contribution in [0.3, 0.4) is 0 Å². The Morgan fingerprint density at radius 1 is 0.931 bits per heavy atom. The van der Waals surface area contributed by atoms with Crippen molar-refractivity contribution in [3.8, 4) is 28.4 Å². The molecular formula is C24H27BrN2O2. The van der Waals surface area contributed by atoms with E-state index in [0.717, 1.165) is 30.9 Å². The van der Waals surface area contributed by atoms with Crippen molar-refractivity contribution in [1.29, 1.82) is 0 Å². The Balaban J connectivity index is 0.00000205. The standard InChI is InChI=1S/C24H27N2O2.BrH/c1-2-18-7-10-20(11-8-18)26-17-21(25-13-5-3-4-6-24(25)26)19-9-12-22-23(16-19)28-15-14-27-22;/h7-12,16-17H,2-6,13-15H2,1H3;1H/q+1;/p-1. The molecular weight excluding hydrogens is 428 g/mol. The molecule has 5 heteroatoms. The summed E-state index contributed by atoms with van der Waals surface area (Å²) >= 11 is 0. The molecule has 0 spiro atoms. The molecule has 3 heterocycles. The van der Waals surface area contributed by atoms with Gasteiger partial charge in [-0.15, -0.1) is 0 Å². The molecule has 0 fully saturated rings. The number of aryl methyl sites for hydroxylation is 1. The van der Waals surface area contributed by atoms with E-state index in [2.05, 4.69) is 58.7 Å². The predicted octanol–water partition coefficient (Wildman–Crippen LogP) is 1.50. The normalized spacial score (nSPS) is 15.2. The van der Waals surface area contributed by atoms with Crippen LogP contribution < -0.4 is 31.0 Å². The number of fused-ring (bicyclic) bond motifs is 2. The molecule has 2 aliphatic rings. The molecule has 4 nitrogen and oxygen atoms in total. The van der Waals surface area contributed by atoms with E-state index in [1.54, 1.807) is 0 Å². The molecule has 29 heavy (non-hydrogen) atoms. The summed E-state index contributed by atoms with van der Waals surface area (Å²) in [4.78, 5) is 0. The van der Waals surface area contributed by atoms with Crippen LogP contribution in [0.15, 0.2) is 48.7 Å². The van der Waals surface area contributed by atoms with Crippen LogP contribution in [0.25, 0.3) is 16.9 Å². The first-order valence-corrected chi connectivity index (χ1v) is 10.5. The second-order valence-corrected chi connectivity index (χ2v) is 7.64. The summed E-state index contributed by atoms with van der Waals surface area (Å²) in [5, 5.41) is 0. The van der Waals surface area contributed by atoms with Crippen LogP contribution in [0.1, 0.15) is 37.6 Å². The van der Waals surface area contributed by atoms with Gasteiger partial charge in [-0.2, -0.15) is 4.57 Å². The lowest BCUT2D eigenvalue weighted by atomic mass is 10.1. The van der Waals surface area contributed by atoms with Crippen molar-refractivity contribution in [2.75, 3.05) is 13.2 Å². The zero-order chi connectivity index (χ0) is 18.9. The van der Waals surface area contributed by atoms with Crippen LogP contribution in [-0.2, 0) is 19.4 Å². The molecule has 0 bridgehead atoms. The number of hydrogen-bond acceptors (Lipinski definition) is 2. The lowest BCUT2D eigenvalue weighted by Gasteiger charge is -2.18. The minimum Gasteiger partial charge on any atom is -1.00 e. The molecule has 0 radical (unpaired) electrons. The quantitative estimate of drug-likeness (QED) is 0.560. The summed E-state index contributed by atoms with van der Waals surface area (Å²) < 4.78 is 16.4. The maximum atomic E-state index is 5.83. The lowest BCUT2D eigenvalue weighted by molar-refractivity contribution is -0.692. The number of rotatable bonds is 3. The fraction of sp³-hybridized carbons (Fsp3) is 0.375. The molecule has 2 aliphatic heterocycles. The summed E-state index contributed by atoms with van der Waals surface area (Å²) in [5.41, 5.74) is 5.07. The van der Waals surface area contributed by atoms with Crippen molar-refractivity contribution in [1.82, 2.24) is 4.57 Å². The summed E-state index contributed by atoms with van der Waals surface area (Å²) in [7, 11) is 0. The number of benzene rings is 2. The summed E-state index contributed by atoms with van der Waals surface area (Å²) in [6, 6.07) is 15.3. The van der Waals surface area contributed by atoms with Crippen LogP contribution in [0.5, 0.6) is 11.5 Å². The van der Waals surface area contributed by atoms with Crippen molar-refractivity contribution in [2.24, 2.45) is 0 Å². The Labute approximate surface area is 182 Å². The first kappa shape index (κ1) is 20.0. The molecule has 0 aliphatic carbocycles. The second kappa shape index (κ2) is 8.62. The topological polar surface area (TPSA) is 27.3 Å². The Bertz CT molecular complexity index is 995. The first-order valence-electron chi connectivity index (χ1n) is 10.5. The zero-order valence-corrected chi connectivity index (χ0v) is 18.5. The van der Waals surface area contributed by atoms with E-state index in [-0.39, 0.29) is 17.0 Å². The highest BCUT2D eigenvalue weighted by Crippen LogP contribution is 2.34. The third kappa shape index (κ3) is 3.80. The van der Waals surface area contributed by atoms with Crippen molar-refractivity contribution < 1.29 is 31.0 Å². The highest BCUT2D eigenvalue weighted by Gasteiger charge is 2.27. The minimum absolute atomic E-state index is 0. The fourth-order valence-corrected chi connectivity index (χ4v) is 4.32. The average Bonchev–Trinajstić information content (AvgIpc) is 2.94. The van der Waals surface area contributed by atoms with E-state index in [4.69, 9.17) is 9.47 Å². The van der Waals surface area contributed by atoms with Gasteiger partial charge in [0.1, 0.15) is 25.1 Å². The molecule has 0 amide bonds. The molecule has 1 aromatic heterocycles. The van der Waals surface area contributed by atoms with Crippen molar-refractivity contribution >= 4 is 0 Å². The molecule has 2 aromatic carbocycles. The Morgan fingerprint density at radius 3 is 2.52 bits per heavy atom. The maximum absolute atomic E-state index is 5.83. The smallest absolute Gasteiger partial charge is 0.262 e. The van der Waals surface area contributed by atoms with Gasteiger partial charge in [0.15, 0.2) is 17.2 Å². The highest BCUT2D eigenvalue weighted by molar-refractivity contribution is 5.62. The third-order valence-corrected chi connectivity index (χ3v) is 5.87. The van der Waals surface area contributed by atoms with Gasteiger partial charge >= 0.3 is 0 Å². The molecule has 0 atom stereocenters. The maximum Gasteiger partial charge on any atom is 0.262 e. The summed E-state index contributed by atoms with van der Waals surface area (Å²) in [6.07, 6.45) is 8.25. The minimum atomic E-state index is 0. The first-order chi connectivity index (χ1) is 13.8. The van der Waals surface area contributed by atoms with E-state index in [9.17, 15) is 0 Å². The largest absolute Gasteiger partial charge is 1.00 e. The van der Waals surface area contributed by atoms with Crippen molar-refractivity contribution in [3.05, 3.63) is 60.0 Å². The van der Waals surface area contributed by atoms with Gasteiger partial charge < -0.3 is 26.5 Å². The van der Waals surface area contributed by atoms with Crippen LogP contribution in [0, 0.1) is 0 Å². The van der Waals surface area contributed by atoms with E-state index in [1.165, 1.54) is 47.6 Å². The van der Waals surface area contributed by atoms with Gasteiger partial charge in [0.05, 0.1) is 6.54 Å². The molecule has 0 saturated carbocycles. The molecule has 5 rings (SSSR count). The number of hydrogen-bond donors (Lipinski definition) is 0. The van der Waals surface area contributed by atoms with Crippen LogP contribution in [0.4, 0.5) is 0 Å². The number of aromatic nitrogens is 2. The molecule has 0 saturated heterocycles. The molecule has 3 aromatic rings. The Kier molecular flexibility index (Phi) is 5.95. The molecule has 0 N–H and O–H groups in total. The van der Waals surface area contributed by atoms with Gasteiger partial charge in [-0.1, -0.05) is 19.1 Å². The van der Waals surface area contributed by atoms with Crippen molar-refractivity contribution in [2.45, 2.75) is 45.6 Å². The van der Waals surface area contributed by atoms with E-state index >= 15 is 0 Å². The van der Waals surface area contributed by atoms with E-state index < -0.39 is 0 Å². The number of imidazole rings is 1. The van der Waals surface area contributed by atoms with E-state index in [1.807, 2.05) is 6.07 Å². The van der Waals surface area contributed by atoms with Crippen LogP contribution in [0.2, 0.25) is 0 Å². The summed E-state index contributed by atoms with van der Waals surface area (Å²) in [5.74, 6) is 3.10. The molecule has 152 valence electrons. The number of ether oxygens (including phenoxy) is 2. The average molecular weight is 455 g/mol. The predicted molar refractivity (Wildman–Crippen MR) is 109 cm³/mol. The van der Waals surface area contributed by atoms with Gasteiger partial charge in [0, 0.05) is 12.0 Å². The van der Waals surface area contributed by atoms with Gasteiger partial charge in [-0.3, -0.25) is 0 Å². The van der Waals surface area contributed by atoms with E-state index in [0.29, 0.717) is 13.2 Å². The number of nitrogens with zero attached hydrogens (tertiary/aromatic N) is 2. The lowest BCUT2D eigenvalue weighted by Crippen LogP contribution is -3.00. The second-order valence-electron chi connectivity index (χ2n) is 7.64. The van der Waals surface area contributed by atoms with Crippen molar-refractivity contribution in [3.63, 3.8) is 0 Å². The highest BCUT2D eigenvalue weighted by atomic mass is 79.9.